The van der Waals surface area contributed by atoms with Gasteiger partial charge in [-0.05, 0) is 13.8 Å². The summed E-state index contributed by atoms with van der Waals surface area (Å²) >= 11 is 0. The summed E-state index contributed by atoms with van der Waals surface area (Å²) in [6, 6.07) is 0. The van der Waals surface area contributed by atoms with Crippen LogP contribution in [0.3, 0.4) is 0 Å². The van der Waals surface area contributed by atoms with E-state index in [1.807, 2.05) is 0 Å². The zero-order valence-corrected chi connectivity index (χ0v) is 9.07. The molecule has 1 fully saturated rings. The molecule has 0 bridgehead atoms. The highest BCUT2D eigenvalue weighted by atomic mass is 19.3. The normalized spacial score (nSPS) is 21.3. The van der Waals surface area contributed by atoms with E-state index < -0.39 is 23.8 Å². The largest absolute Gasteiger partial charge is 0.383 e. The number of halogens is 4. The van der Waals surface area contributed by atoms with Crippen molar-refractivity contribution in [2.24, 2.45) is 0 Å². The van der Waals surface area contributed by atoms with Gasteiger partial charge in [-0.15, -0.1) is 0 Å². The van der Waals surface area contributed by atoms with Crippen molar-refractivity contribution in [3.8, 4) is 0 Å². The van der Waals surface area contributed by atoms with Gasteiger partial charge in [0, 0.05) is 25.2 Å². The summed E-state index contributed by atoms with van der Waals surface area (Å²) in [6.45, 7) is 3.75. The van der Waals surface area contributed by atoms with Crippen LogP contribution in [0.15, 0.2) is 0 Å². The number of amides is 1. The Bertz CT molecular complexity index is 281. The Morgan fingerprint density at radius 2 is 2.00 bits per heavy atom. The number of nitrogens with one attached hydrogen (secondary N) is 1. The molecule has 94 valence electrons. The van der Waals surface area contributed by atoms with Gasteiger partial charge in [0.2, 0.25) is 0 Å². The van der Waals surface area contributed by atoms with Gasteiger partial charge in [0.1, 0.15) is 0 Å². The summed E-state index contributed by atoms with van der Waals surface area (Å²) in [5, 5.41) is 2.91. The van der Waals surface area contributed by atoms with Crippen molar-refractivity contribution in [2.75, 3.05) is 19.6 Å². The van der Waals surface area contributed by atoms with Crippen LogP contribution in [0.1, 0.15) is 13.8 Å². The van der Waals surface area contributed by atoms with Crippen LogP contribution in [0.4, 0.5) is 17.6 Å². The first kappa shape index (κ1) is 13.2. The van der Waals surface area contributed by atoms with Gasteiger partial charge in [0.05, 0.1) is 0 Å². The monoisotopic (exact) mass is 242 g/mol. The Balaban J connectivity index is 2.88. The molecule has 16 heavy (non-hydrogen) atoms. The number of carbonyl (C=O) groups is 1. The maximum Gasteiger partial charge on any atom is 0.383 e. The van der Waals surface area contributed by atoms with Gasteiger partial charge in [-0.2, -0.15) is 8.78 Å². The quantitative estimate of drug-likeness (QED) is 0.735. The van der Waals surface area contributed by atoms with Gasteiger partial charge in [-0.25, -0.2) is 8.78 Å². The molecular formula is C9H14F4N2O. The van der Waals surface area contributed by atoms with Crippen LogP contribution >= 0.6 is 0 Å². The van der Waals surface area contributed by atoms with Gasteiger partial charge >= 0.3 is 12.3 Å². The maximum atomic E-state index is 12.9. The second kappa shape index (κ2) is 4.20. The molecule has 0 aliphatic carbocycles. The SMILES string of the molecule is CC1(C)CNCCN1C(=O)C(F)(F)C(F)F. The van der Waals surface area contributed by atoms with Crippen molar-refractivity contribution in [1.29, 1.82) is 0 Å². The number of piperazine rings is 1. The minimum Gasteiger partial charge on any atom is -0.330 e. The summed E-state index contributed by atoms with van der Waals surface area (Å²) in [4.78, 5) is 12.2. The van der Waals surface area contributed by atoms with Crippen LogP contribution in [-0.2, 0) is 4.79 Å². The van der Waals surface area contributed by atoms with Gasteiger partial charge in [-0.3, -0.25) is 4.79 Å². The molecule has 0 atom stereocenters. The standard InChI is InChI=1S/C9H14F4N2O/c1-8(2)5-14-3-4-15(8)7(16)9(12,13)6(10)11/h6,14H,3-5H2,1-2H3. The number of hydrogen-bond donors (Lipinski definition) is 1. The smallest absolute Gasteiger partial charge is 0.330 e. The Kier molecular flexibility index (Phi) is 3.47. The van der Waals surface area contributed by atoms with E-state index in [1.54, 1.807) is 13.8 Å². The fourth-order valence-corrected chi connectivity index (χ4v) is 1.63. The minimum atomic E-state index is -4.60. The fraction of sp³-hybridized carbons (Fsp3) is 0.889. The van der Waals surface area contributed by atoms with E-state index in [0.717, 1.165) is 4.90 Å². The molecule has 0 saturated carbocycles. The molecule has 0 aromatic heterocycles. The molecule has 1 saturated heterocycles. The highest BCUT2D eigenvalue weighted by Gasteiger charge is 2.53. The number of alkyl halides is 4. The Labute approximate surface area is 90.8 Å². The zero-order chi connectivity index (χ0) is 12.6. The Morgan fingerprint density at radius 3 is 2.44 bits per heavy atom. The zero-order valence-electron chi connectivity index (χ0n) is 9.07. The Hall–Kier alpha value is -0.850. The van der Waals surface area contributed by atoms with E-state index in [-0.39, 0.29) is 6.54 Å². The first-order valence-corrected chi connectivity index (χ1v) is 4.88. The Morgan fingerprint density at radius 1 is 1.44 bits per heavy atom. The molecule has 7 heteroatoms. The third-order valence-corrected chi connectivity index (χ3v) is 2.60. The van der Waals surface area contributed by atoms with Crippen molar-refractivity contribution in [3.05, 3.63) is 0 Å². The molecule has 0 radical (unpaired) electrons. The maximum absolute atomic E-state index is 12.9. The van der Waals surface area contributed by atoms with Crippen LogP contribution in [0.2, 0.25) is 0 Å². The van der Waals surface area contributed by atoms with Gasteiger partial charge in [0.25, 0.3) is 5.91 Å². The van der Waals surface area contributed by atoms with Crippen molar-refractivity contribution < 1.29 is 22.4 Å². The summed E-state index contributed by atoms with van der Waals surface area (Å²) < 4.78 is 49.9. The third-order valence-electron chi connectivity index (χ3n) is 2.60. The highest BCUT2D eigenvalue weighted by molar-refractivity contribution is 5.84. The summed E-state index contributed by atoms with van der Waals surface area (Å²) in [6.07, 6.45) is -3.97. The van der Waals surface area contributed by atoms with E-state index >= 15 is 0 Å². The van der Waals surface area contributed by atoms with Gasteiger partial charge in [0.15, 0.2) is 0 Å². The lowest BCUT2D eigenvalue weighted by molar-refractivity contribution is -0.186. The molecule has 0 aromatic carbocycles. The van der Waals surface area contributed by atoms with Crippen molar-refractivity contribution in [1.82, 2.24) is 10.2 Å². The number of carbonyl (C=O) groups excluding carboxylic acids is 1. The molecule has 0 aromatic rings. The summed E-state index contributed by atoms with van der Waals surface area (Å²) in [7, 11) is 0. The molecule has 3 nitrogen and oxygen atoms in total. The first-order valence-electron chi connectivity index (χ1n) is 4.88. The topological polar surface area (TPSA) is 32.3 Å². The van der Waals surface area contributed by atoms with E-state index in [0.29, 0.717) is 13.1 Å². The fourth-order valence-electron chi connectivity index (χ4n) is 1.63. The highest BCUT2D eigenvalue weighted by Crippen LogP contribution is 2.29. The predicted molar refractivity (Wildman–Crippen MR) is 49.6 cm³/mol. The van der Waals surface area contributed by atoms with E-state index in [9.17, 15) is 22.4 Å². The van der Waals surface area contributed by atoms with E-state index in [4.69, 9.17) is 0 Å². The lowest BCUT2D eigenvalue weighted by atomic mass is 9.99. The molecule has 1 heterocycles. The van der Waals surface area contributed by atoms with E-state index in [2.05, 4.69) is 5.32 Å². The molecule has 1 amide bonds. The van der Waals surface area contributed by atoms with Crippen LogP contribution in [0.5, 0.6) is 0 Å². The van der Waals surface area contributed by atoms with E-state index in [1.165, 1.54) is 0 Å². The number of hydrogen-bond acceptors (Lipinski definition) is 2. The molecular weight excluding hydrogens is 228 g/mol. The number of rotatable bonds is 2. The lowest BCUT2D eigenvalue weighted by Gasteiger charge is -2.43. The van der Waals surface area contributed by atoms with Crippen molar-refractivity contribution in [3.63, 3.8) is 0 Å². The molecule has 0 spiro atoms. The second-order valence-electron chi connectivity index (χ2n) is 4.37. The van der Waals surface area contributed by atoms with Gasteiger partial charge in [-0.1, -0.05) is 0 Å². The van der Waals surface area contributed by atoms with Gasteiger partial charge < -0.3 is 10.2 Å². The van der Waals surface area contributed by atoms with Crippen molar-refractivity contribution >= 4 is 5.91 Å². The first-order chi connectivity index (χ1) is 7.19. The molecule has 1 aliphatic heterocycles. The average molecular weight is 242 g/mol. The lowest BCUT2D eigenvalue weighted by Crippen LogP contribution is -2.63. The molecule has 0 unspecified atom stereocenters. The molecule has 1 aliphatic rings. The summed E-state index contributed by atoms with van der Waals surface area (Å²) in [5.74, 6) is -6.40. The average Bonchev–Trinajstić information content (AvgIpc) is 2.15. The number of nitrogens with zero attached hydrogens (tertiary/aromatic N) is 1. The summed E-state index contributed by atoms with van der Waals surface area (Å²) in [5.41, 5.74) is -0.881. The third kappa shape index (κ3) is 2.28. The minimum absolute atomic E-state index is 0.00808. The van der Waals surface area contributed by atoms with Crippen LogP contribution in [0, 0.1) is 0 Å². The second-order valence-corrected chi connectivity index (χ2v) is 4.37. The van der Waals surface area contributed by atoms with Crippen LogP contribution < -0.4 is 5.32 Å². The van der Waals surface area contributed by atoms with Crippen LogP contribution in [-0.4, -0.2) is 48.3 Å². The van der Waals surface area contributed by atoms with Crippen molar-refractivity contribution in [2.45, 2.75) is 31.7 Å². The predicted octanol–water partition coefficient (Wildman–Crippen LogP) is 1.10. The molecule has 1 rings (SSSR count). The molecule has 1 N–H and O–H groups in total. The van der Waals surface area contributed by atoms with Crippen LogP contribution in [0.25, 0.3) is 0 Å².